The zero-order chi connectivity index (χ0) is 9.97. The van der Waals surface area contributed by atoms with Gasteiger partial charge in [0, 0.05) is 16.1 Å². The van der Waals surface area contributed by atoms with Crippen molar-refractivity contribution in [3.63, 3.8) is 0 Å². The lowest BCUT2D eigenvalue weighted by molar-refractivity contribution is 0.682. The minimum atomic E-state index is 0.757. The Bertz CT molecular complexity index is 321. The topological polar surface area (TPSA) is 12.0 Å². The van der Waals surface area contributed by atoms with Crippen LogP contribution in [-0.2, 0) is 6.42 Å². The monoisotopic (exact) mass is 229 g/mol. The second-order valence-corrected chi connectivity index (χ2v) is 4.56. The molecule has 1 nitrogen and oxygen atoms in total. The van der Waals surface area contributed by atoms with Gasteiger partial charge in [-0.3, -0.25) is 0 Å². The Kier molecular flexibility index (Phi) is 3.32. The Morgan fingerprint density at radius 2 is 2.07 bits per heavy atom. The summed E-state index contributed by atoms with van der Waals surface area (Å²) in [6, 6.07) is 6.38. The highest BCUT2D eigenvalue weighted by Crippen LogP contribution is 2.22. The van der Waals surface area contributed by atoms with Crippen LogP contribution in [0.4, 0.5) is 0 Å². The summed E-state index contributed by atoms with van der Waals surface area (Å²) < 4.78 is 0. The maximum Gasteiger partial charge on any atom is 0.0439 e. The molecule has 0 atom stereocenters. The summed E-state index contributed by atoms with van der Waals surface area (Å²) in [5, 5.41) is 5.02. The predicted molar refractivity (Wildman–Crippen MR) is 61.2 cm³/mol. The fourth-order valence-corrected chi connectivity index (χ4v) is 1.84. The summed E-state index contributed by atoms with van der Waals surface area (Å²) >= 11 is 11.9. The number of benzene rings is 1. The van der Waals surface area contributed by atoms with Gasteiger partial charge in [-0.25, -0.2) is 0 Å². The summed E-state index contributed by atoms with van der Waals surface area (Å²) in [6.07, 6.45) is 3.60. The molecule has 1 aromatic carbocycles. The molecule has 14 heavy (non-hydrogen) atoms. The van der Waals surface area contributed by atoms with E-state index in [1.807, 2.05) is 18.2 Å². The third-order valence-electron chi connectivity index (χ3n) is 2.41. The van der Waals surface area contributed by atoms with Crippen LogP contribution < -0.4 is 5.32 Å². The van der Waals surface area contributed by atoms with Gasteiger partial charge in [-0.2, -0.15) is 0 Å². The third kappa shape index (κ3) is 2.88. The normalized spacial score (nSPS) is 15.9. The van der Waals surface area contributed by atoms with Crippen molar-refractivity contribution in [1.29, 1.82) is 0 Å². The SMILES string of the molecule is Clc1ccc(Cl)c(CCNC2CC2)c1. The van der Waals surface area contributed by atoms with Crippen LogP contribution in [0.5, 0.6) is 0 Å². The minimum Gasteiger partial charge on any atom is -0.314 e. The largest absolute Gasteiger partial charge is 0.314 e. The fourth-order valence-electron chi connectivity index (χ4n) is 1.43. The average molecular weight is 230 g/mol. The van der Waals surface area contributed by atoms with Crippen molar-refractivity contribution in [2.75, 3.05) is 6.54 Å². The molecule has 0 bridgehead atoms. The molecular formula is C11H13Cl2N. The second kappa shape index (κ2) is 4.52. The molecule has 1 saturated carbocycles. The molecule has 0 spiro atoms. The molecule has 0 heterocycles. The number of hydrogen-bond acceptors (Lipinski definition) is 1. The highest BCUT2D eigenvalue weighted by Gasteiger charge is 2.19. The molecule has 1 aromatic rings. The number of hydrogen-bond donors (Lipinski definition) is 1. The van der Waals surface area contributed by atoms with Crippen molar-refractivity contribution in [1.82, 2.24) is 5.32 Å². The molecule has 1 fully saturated rings. The molecule has 0 saturated heterocycles. The Morgan fingerprint density at radius 1 is 1.29 bits per heavy atom. The molecule has 0 radical (unpaired) electrons. The highest BCUT2D eigenvalue weighted by atomic mass is 35.5. The van der Waals surface area contributed by atoms with Crippen molar-refractivity contribution in [3.05, 3.63) is 33.8 Å². The van der Waals surface area contributed by atoms with E-state index in [-0.39, 0.29) is 0 Å². The van der Waals surface area contributed by atoms with E-state index < -0.39 is 0 Å². The number of rotatable bonds is 4. The molecule has 0 amide bonds. The maximum atomic E-state index is 6.04. The van der Waals surface area contributed by atoms with Gasteiger partial charge < -0.3 is 5.32 Å². The molecule has 2 rings (SSSR count). The summed E-state index contributed by atoms with van der Waals surface area (Å²) in [7, 11) is 0. The van der Waals surface area contributed by atoms with E-state index in [2.05, 4.69) is 5.32 Å². The summed E-state index contributed by atoms with van der Waals surface area (Å²) in [6.45, 7) is 0.991. The smallest absolute Gasteiger partial charge is 0.0439 e. The first-order valence-electron chi connectivity index (χ1n) is 4.93. The van der Waals surface area contributed by atoms with E-state index in [4.69, 9.17) is 23.2 Å². The number of nitrogens with one attached hydrogen (secondary N) is 1. The van der Waals surface area contributed by atoms with Gasteiger partial charge in [-0.05, 0) is 49.6 Å². The molecule has 1 N–H and O–H groups in total. The van der Waals surface area contributed by atoms with E-state index in [9.17, 15) is 0 Å². The lowest BCUT2D eigenvalue weighted by atomic mass is 10.1. The lowest BCUT2D eigenvalue weighted by Gasteiger charge is -2.05. The van der Waals surface area contributed by atoms with Crippen LogP contribution in [-0.4, -0.2) is 12.6 Å². The minimum absolute atomic E-state index is 0.757. The van der Waals surface area contributed by atoms with E-state index in [1.54, 1.807) is 0 Å². The van der Waals surface area contributed by atoms with Gasteiger partial charge in [0.25, 0.3) is 0 Å². The zero-order valence-electron chi connectivity index (χ0n) is 7.89. The molecule has 3 heteroatoms. The Labute approximate surface area is 94.4 Å². The van der Waals surface area contributed by atoms with Crippen molar-refractivity contribution < 1.29 is 0 Å². The van der Waals surface area contributed by atoms with E-state index in [0.29, 0.717) is 0 Å². The molecule has 76 valence electrons. The van der Waals surface area contributed by atoms with Gasteiger partial charge in [0.15, 0.2) is 0 Å². The van der Waals surface area contributed by atoms with Gasteiger partial charge >= 0.3 is 0 Å². The molecule has 1 aliphatic carbocycles. The predicted octanol–water partition coefficient (Wildman–Crippen LogP) is 3.29. The van der Waals surface area contributed by atoms with Gasteiger partial charge in [0.1, 0.15) is 0 Å². The Hall–Kier alpha value is -0.240. The molecule has 1 aliphatic rings. The Balaban J connectivity index is 1.89. The van der Waals surface area contributed by atoms with Crippen LogP contribution in [0.15, 0.2) is 18.2 Å². The van der Waals surface area contributed by atoms with Crippen LogP contribution in [0.2, 0.25) is 10.0 Å². The molecule has 0 unspecified atom stereocenters. The van der Waals surface area contributed by atoms with E-state index >= 15 is 0 Å². The zero-order valence-corrected chi connectivity index (χ0v) is 9.41. The lowest BCUT2D eigenvalue weighted by Crippen LogP contribution is -2.19. The van der Waals surface area contributed by atoms with Crippen LogP contribution >= 0.6 is 23.2 Å². The first-order chi connectivity index (χ1) is 6.75. The van der Waals surface area contributed by atoms with Gasteiger partial charge in [-0.1, -0.05) is 23.2 Å². The second-order valence-electron chi connectivity index (χ2n) is 3.71. The van der Waals surface area contributed by atoms with Crippen LogP contribution in [0, 0.1) is 0 Å². The Morgan fingerprint density at radius 3 is 2.79 bits per heavy atom. The molecular weight excluding hydrogens is 217 g/mol. The van der Waals surface area contributed by atoms with Crippen molar-refractivity contribution in [2.45, 2.75) is 25.3 Å². The van der Waals surface area contributed by atoms with Crippen molar-refractivity contribution >= 4 is 23.2 Å². The first-order valence-corrected chi connectivity index (χ1v) is 5.68. The van der Waals surface area contributed by atoms with Crippen LogP contribution in [0.3, 0.4) is 0 Å². The van der Waals surface area contributed by atoms with Crippen LogP contribution in [0.25, 0.3) is 0 Å². The standard InChI is InChI=1S/C11H13Cl2N/c12-9-1-4-11(13)8(7-9)5-6-14-10-2-3-10/h1,4,7,10,14H,2-3,5-6H2. The third-order valence-corrected chi connectivity index (χ3v) is 3.02. The fraction of sp³-hybridized carbons (Fsp3) is 0.455. The van der Waals surface area contributed by atoms with E-state index in [1.165, 1.54) is 12.8 Å². The summed E-state index contributed by atoms with van der Waals surface area (Å²) in [5.74, 6) is 0. The van der Waals surface area contributed by atoms with E-state index in [0.717, 1.165) is 34.6 Å². The highest BCUT2D eigenvalue weighted by molar-refractivity contribution is 6.33. The molecule has 0 aliphatic heterocycles. The summed E-state index contributed by atoms with van der Waals surface area (Å²) in [4.78, 5) is 0. The van der Waals surface area contributed by atoms with Crippen molar-refractivity contribution in [3.8, 4) is 0 Å². The van der Waals surface area contributed by atoms with Gasteiger partial charge in [-0.15, -0.1) is 0 Å². The van der Waals surface area contributed by atoms with Gasteiger partial charge in [0.05, 0.1) is 0 Å². The average Bonchev–Trinajstić information content (AvgIpc) is 2.95. The van der Waals surface area contributed by atoms with Gasteiger partial charge in [0.2, 0.25) is 0 Å². The maximum absolute atomic E-state index is 6.04. The van der Waals surface area contributed by atoms with Crippen LogP contribution in [0.1, 0.15) is 18.4 Å². The number of halogens is 2. The van der Waals surface area contributed by atoms with Crippen molar-refractivity contribution in [2.24, 2.45) is 0 Å². The summed E-state index contributed by atoms with van der Waals surface area (Å²) in [5.41, 5.74) is 1.13. The molecule has 0 aromatic heterocycles. The quantitative estimate of drug-likeness (QED) is 0.836. The first kappa shape index (κ1) is 10.3.